The van der Waals surface area contributed by atoms with Gasteiger partial charge in [0.1, 0.15) is 0 Å². The van der Waals surface area contributed by atoms with Crippen LogP contribution < -0.4 is 5.32 Å². The summed E-state index contributed by atoms with van der Waals surface area (Å²) >= 11 is 1.36. The first-order valence-corrected chi connectivity index (χ1v) is 3.94. The summed E-state index contributed by atoms with van der Waals surface area (Å²) in [5.41, 5.74) is 0. The predicted molar refractivity (Wildman–Crippen MR) is 35.1 cm³/mol. The average molecular weight is 153 g/mol. The Balaban J connectivity index is 1.91. The van der Waals surface area contributed by atoms with E-state index >= 15 is 0 Å². The van der Waals surface area contributed by atoms with Crippen LogP contribution in [0.1, 0.15) is 0 Å². The summed E-state index contributed by atoms with van der Waals surface area (Å²) in [6, 6.07) is 0. The van der Waals surface area contributed by atoms with Gasteiger partial charge in [0.2, 0.25) is 6.43 Å². The van der Waals surface area contributed by atoms with Gasteiger partial charge in [-0.05, 0) is 0 Å². The third-order valence-electron chi connectivity index (χ3n) is 1.20. The number of hydrogen-bond donors (Lipinski definition) is 1. The Hall–Kier alpha value is 0.170. The first kappa shape index (κ1) is 7.28. The van der Waals surface area contributed by atoms with Crippen molar-refractivity contribution in [2.24, 2.45) is 0 Å². The third-order valence-corrected chi connectivity index (χ3v) is 2.45. The fourth-order valence-electron chi connectivity index (χ4n) is 0.589. The molecule has 1 fully saturated rings. The number of nitrogens with one attached hydrogen (secondary N) is 1. The molecule has 1 saturated heterocycles. The quantitative estimate of drug-likeness (QED) is 0.648. The lowest BCUT2D eigenvalue weighted by atomic mass is 10.3. The van der Waals surface area contributed by atoms with Crippen molar-refractivity contribution >= 4 is 11.8 Å². The molecule has 0 spiro atoms. The number of halogens is 2. The highest BCUT2D eigenvalue weighted by Gasteiger charge is 2.18. The van der Waals surface area contributed by atoms with Gasteiger partial charge in [-0.2, -0.15) is 0 Å². The van der Waals surface area contributed by atoms with Crippen LogP contribution in [0, 0.1) is 0 Å². The van der Waals surface area contributed by atoms with Crippen LogP contribution in [0.4, 0.5) is 8.78 Å². The van der Waals surface area contributed by atoms with Crippen molar-refractivity contribution in [1.29, 1.82) is 0 Å². The van der Waals surface area contributed by atoms with Crippen molar-refractivity contribution in [2.75, 3.05) is 18.8 Å². The zero-order chi connectivity index (χ0) is 6.69. The molecule has 0 saturated carbocycles. The van der Waals surface area contributed by atoms with Gasteiger partial charge in [0, 0.05) is 18.3 Å². The average Bonchev–Trinajstić information content (AvgIpc) is 1.60. The zero-order valence-electron chi connectivity index (χ0n) is 4.94. The van der Waals surface area contributed by atoms with E-state index < -0.39 is 6.43 Å². The summed E-state index contributed by atoms with van der Waals surface area (Å²) in [6.45, 7) is 1.80. The molecule has 54 valence electrons. The molecule has 4 heteroatoms. The topological polar surface area (TPSA) is 12.0 Å². The fraction of sp³-hybridized carbons (Fsp3) is 1.00. The van der Waals surface area contributed by atoms with E-state index in [9.17, 15) is 8.78 Å². The fourth-order valence-corrected chi connectivity index (χ4v) is 1.48. The highest BCUT2D eigenvalue weighted by Crippen LogP contribution is 2.16. The standard InChI is InChI=1S/C5H9F2NS/c6-5(7)3-9-4-1-8-2-4/h4-5,8H,1-3H2. The molecule has 1 heterocycles. The highest BCUT2D eigenvalue weighted by molar-refractivity contribution is 8.00. The zero-order valence-corrected chi connectivity index (χ0v) is 5.76. The Morgan fingerprint density at radius 2 is 2.22 bits per heavy atom. The van der Waals surface area contributed by atoms with Crippen LogP contribution in [0.25, 0.3) is 0 Å². The molecule has 0 unspecified atom stereocenters. The maximum Gasteiger partial charge on any atom is 0.247 e. The van der Waals surface area contributed by atoms with Crippen molar-refractivity contribution in [1.82, 2.24) is 5.32 Å². The summed E-state index contributed by atoms with van der Waals surface area (Å²) in [5, 5.41) is 3.46. The first-order chi connectivity index (χ1) is 4.29. The van der Waals surface area contributed by atoms with E-state index in [-0.39, 0.29) is 5.75 Å². The summed E-state index contributed by atoms with van der Waals surface area (Å²) in [7, 11) is 0. The first-order valence-electron chi connectivity index (χ1n) is 2.89. The van der Waals surface area contributed by atoms with Crippen molar-refractivity contribution in [3.8, 4) is 0 Å². The number of hydrogen-bond acceptors (Lipinski definition) is 2. The van der Waals surface area contributed by atoms with Crippen LogP contribution in [0.2, 0.25) is 0 Å². The second-order valence-electron chi connectivity index (χ2n) is 2.00. The van der Waals surface area contributed by atoms with E-state index in [0.29, 0.717) is 5.25 Å². The van der Waals surface area contributed by atoms with Crippen molar-refractivity contribution in [3.63, 3.8) is 0 Å². The lowest BCUT2D eigenvalue weighted by Gasteiger charge is -2.25. The summed E-state index contributed by atoms with van der Waals surface area (Å²) in [5.74, 6) is -0.00759. The van der Waals surface area contributed by atoms with Crippen LogP contribution in [0.5, 0.6) is 0 Å². The molecule has 1 aliphatic rings. The van der Waals surface area contributed by atoms with E-state index in [1.165, 1.54) is 11.8 Å². The van der Waals surface area contributed by atoms with E-state index in [1.54, 1.807) is 0 Å². The van der Waals surface area contributed by atoms with Crippen LogP contribution in [0.15, 0.2) is 0 Å². The Bertz CT molecular complexity index is 85.0. The van der Waals surface area contributed by atoms with Gasteiger partial charge < -0.3 is 5.32 Å². The van der Waals surface area contributed by atoms with Crippen LogP contribution in [-0.4, -0.2) is 30.5 Å². The van der Waals surface area contributed by atoms with Gasteiger partial charge in [0.15, 0.2) is 0 Å². The van der Waals surface area contributed by atoms with Gasteiger partial charge in [-0.3, -0.25) is 0 Å². The molecule has 0 aliphatic carbocycles. The highest BCUT2D eigenvalue weighted by atomic mass is 32.2. The Morgan fingerprint density at radius 3 is 2.56 bits per heavy atom. The second-order valence-corrected chi connectivity index (χ2v) is 3.34. The van der Waals surface area contributed by atoms with Crippen molar-refractivity contribution < 1.29 is 8.78 Å². The van der Waals surface area contributed by atoms with Gasteiger partial charge in [-0.15, -0.1) is 11.8 Å². The normalized spacial score (nSPS) is 20.3. The second kappa shape index (κ2) is 3.37. The lowest BCUT2D eigenvalue weighted by molar-refractivity contribution is 0.176. The minimum Gasteiger partial charge on any atom is -0.314 e. The Morgan fingerprint density at radius 1 is 1.56 bits per heavy atom. The molecular formula is C5H9F2NS. The van der Waals surface area contributed by atoms with Crippen molar-refractivity contribution in [2.45, 2.75) is 11.7 Å². The van der Waals surface area contributed by atoms with Crippen LogP contribution >= 0.6 is 11.8 Å². The van der Waals surface area contributed by atoms with Crippen LogP contribution in [-0.2, 0) is 0 Å². The van der Waals surface area contributed by atoms with E-state index in [0.717, 1.165) is 13.1 Å². The summed E-state index contributed by atoms with van der Waals surface area (Å²) in [4.78, 5) is 0. The Labute approximate surface area is 57.2 Å². The molecule has 1 N–H and O–H groups in total. The molecule has 0 aromatic carbocycles. The molecule has 0 aromatic heterocycles. The lowest BCUT2D eigenvalue weighted by Crippen LogP contribution is -2.44. The van der Waals surface area contributed by atoms with Gasteiger partial charge in [0.25, 0.3) is 0 Å². The number of thioether (sulfide) groups is 1. The monoisotopic (exact) mass is 153 g/mol. The van der Waals surface area contributed by atoms with Crippen molar-refractivity contribution in [3.05, 3.63) is 0 Å². The maximum absolute atomic E-state index is 11.5. The maximum atomic E-state index is 11.5. The predicted octanol–water partition coefficient (Wildman–Crippen LogP) is 0.956. The molecule has 1 aliphatic heterocycles. The summed E-state index contributed by atoms with van der Waals surface area (Å²) in [6.07, 6.45) is -2.14. The van der Waals surface area contributed by atoms with Gasteiger partial charge in [-0.1, -0.05) is 0 Å². The molecular weight excluding hydrogens is 144 g/mol. The molecule has 1 rings (SSSR count). The minimum absolute atomic E-state index is 0.00759. The third kappa shape index (κ3) is 2.49. The van der Waals surface area contributed by atoms with Gasteiger partial charge in [-0.25, -0.2) is 8.78 Å². The summed E-state index contributed by atoms with van der Waals surface area (Å²) < 4.78 is 23.0. The van der Waals surface area contributed by atoms with Crippen LogP contribution in [0.3, 0.4) is 0 Å². The van der Waals surface area contributed by atoms with E-state index in [1.807, 2.05) is 0 Å². The molecule has 9 heavy (non-hydrogen) atoms. The molecule has 0 atom stereocenters. The molecule has 0 amide bonds. The number of rotatable bonds is 3. The molecule has 1 nitrogen and oxygen atoms in total. The number of alkyl halides is 2. The molecule has 0 radical (unpaired) electrons. The molecule has 0 aromatic rings. The largest absolute Gasteiger partial charge is 0.314 e. The van der Waals surface area contributed by atoms with E-state index in [4.69, 9.17) is 0 Å². The minimum atomic E-state index is -2.14. The Kier molecular flexibility index (Phi) is 2.72. The SMILES string of the molecule is FC(F)CSC1CNC1. The smallest absolute Gasteiger partial charge is 0.247 e. The van der Waals surface area contributed by atoms with E-state index in [2.05, 4.69) is 5.32 Å². The molecule has 0 bridgehead atoms. The van der Waals surface area contributed by atoms with Gasteiger partial charge in [0.05, 0.1) is 5.75 Å². The van der Waals surface area contributed by atoms with Gasteiger partial charge >= 0.3 is 0 Å².